The van der Waals surface area contributed by atoms with E-state index in [1.807, 2.05) is 0 Å². The third kappa shape index (κ3) is 4.91. The van der Waals surface area contributed by atoms with Crippen molar-refractivity contribution in [2.24, 2.45) is 0 Å². The van der Waals surface area contributed by atoms with Gasteiger partial charge in [-0.15, -0.1) is 0 Å². The summed E-state index contributed by atoms with van der Waals surface area (Å²) in [6, 6.07) is 5.56. The fraction of sp³-hybridized carbons (Fsp3) is 0.333. The van der Waals surface area contributed by atoms with Crippen LogP contribution in [-0.2, 0) is 9.59 Å². The van der Waals surface area contributed by atoms with Crippen molar-refractivity contribution in [3.63, 3.8) is 0 Å². The average Bonchev–Trinajstić information content (AvgIpc) is 2.46. The number of carbonyl (C=O) groups is 2. The lowest BCUT2D eigenvalue weighted by Crippen LogP contribution is -2.32. The Morgan fingerprint density at radius 1 is 1.19 bits per heavy atom. The number of aliphatic carboxylic acids is 1. The largest absolute Gasteiger partial charge is 0.492 e. The first-order chi connectivity index (χ1) is 9.82. The molecule has 1 aromatic rings. The predicted octanol–water partition coefficient (Wildman–Crippen LogP) is 2.08. The van der Waals surface area contributed by atoms with E-state index in [0.717, 1.165) is 0 Å². The molecule has 0 fully saturated rings. The molecule has 1 N–H and O–H groups in total. The molecule has 0 aliphatic carbocycles. The summed E-state index contributed by atoms with van der Waals surface area (Å²) in [6.07, 6.45) is 0. The maximum Gasteiger partial charge on any atom is 0.331 e. The smallest absolute Gasteiger partial charge is 0.331 e. The summed E-state index contributed by atoms with van der Waals surface area (Å²) in [5.41, 5.74) is 0.207. The van der Waals surface area contributed by atoms with Gasteiger partial charge in [0.2, 0.25) is 5.91 Å². The van der Waals surface area contributed by atoms with Gasteiger partial charge in [0, 0.05) is 18.2 Å². The fourth-order valence-corrected chi connectivity index (χ4v) is 1.54. The molecule has 21 heavy (non-hydrogen) atoms. The van der Waals surface area contributed by atoms with E-state index in [2.05, 4.69) is 0 Å². The molecule has 1 aromatic carbocycles. The minimum absolute atomic E-state index is 0.0197. The Hall–Kier alpha value is -2.37. The van der Waals surface area contributed by atoms with Crippen molar-refractivity contribution in [3.8, 4) is 5.75 Å². The third-order valence-electron chi connectivity index (χ3n) is 3.06. The Morgan fingerprint density at radius 3 is 2.29 bits per heavy atom. The number of likely N-dealkylation sites (N-methyl/N-ethyl adjacent to an activating group) is 1. The first-order valence-electron chi connectivity index (χ1n) is 6.37. The molecule has 0 aliphatic rings. The molecule has 0 aromatic heterocycles. The highest BCUT2D eigenvalue weighted by Gasteiger charge is 2.16. The molecule has 0 aliphatic heterocycles. The zero-order valence-corrected chi connectivity index (χ0v) is 12.2. The first kappa shape index (κ1) is 16.7. The molecule has 0 radical (unpaired) electrons. The fourth-order valence-electron chi connectivity index (χ4n) is 1.54. The van der Waals surface area contributed by atoms with Gasteiger partial charge >= 0.3 is 5.97 Å². The quantitative estimate of drug-likeness (QED) is 0.816. The zero-order valence-electron chi connectivity index (χ0n) is 12.2. The summed E-state index contributed by atoms with van der Waals surface area (Å²) >= 11 is 0. The van der Waals surface area contributed by atoms with Gasteiger partial charge in [0.25, 0.3) is 0 Å². The lowest BCUT2D eigenvalue weighted by Gasteiger charge is -2.18. The number of rotatable bonds is 6. The molecule has 6 heteroatoms. The predicted molar refractivity (Wildman–Crippen MR) is 75.5 cm³/mol. The summed E-state index contributed by atoms with van der Waals surface area (Å²) in [5, 5.41) is 8.85. The Kier molecular flexibility index (Phi) is 5.90. The molecule has 0 heterocycles. The molecular formula is C15H18FNO4. The van der Waals surface area contributed by atoms with E-state index < -0.39 is 5.97 Å². The summed E-state index contributed by atoms with van der Waals surface area (Å²) < 4.78 is 18.1. The number of hydrogen-bond donors (Lipinski definition) is 1. The normalized spacial score (nSPS) is 11.6. The number of ether oxygens (including phenoxy) is 1. The number of carbonyl (C=O) groups excluding carboxylic acids is 1. The van der Waals surface area contributed by atoms with E-state index >= 15 is 0 Å². The van der Waals surface area contributed by atoms with Gasteiger partial charge in [-0.2, -0.15) is 0 Å². The Labute approximate surface area is 122 Å². The summed E-state index contributed by atoms with van der Waals surface area (Å²) in [7, 11) is 1.56. The van der Waals surface area contributed by atoms with Gasteiger partial charge in [-0.1, -0.05) is 0 Å². The van der Waals surface area contributed by atoms with Crippen LogP contribution in [0.4, 0.5) is 4.39 Å². The van der Waals surface area contributed by atoms with Crippen molar-refractivity contribution in [3.05, 3.63) is 41.2 Å². The van der Waals surface area contributed by atoms with Crippen molar-refractivity contribution in [2.45, 2.75) is 13.8 Å². The second-order valence-electron chi connectivity index (χ2n) is 4.58. The van der Waals surface area contributed by atoms with Gasteiger partial charge < -0.3 is 14.7 Å². The molecule has 0 atom stereocenters. The lowest BCUT2D eigenvalue weighted by atomic mass is 10.1. The molecule has 0 spiro atoms. The number of hydrogen-bond acceptors (Lipinski definition) is 3. The summed E-state index contributed by atoms with van der Waals surface area (Å²) in [5.74, 6) is -1.32. The van der Waals surface area contributed by atoms with Crippen molar-refractivity contribution < 1.29 is 23.8 Å². The number of carboxylic acid groups (broad SMARTS) is 1. The maximum atomic E-state index is 12.7. The first-order valence-corrected chi connectivity index (χ1v) is 6.37. The van der Waals surface area contributed by atoms with Crippen molar-refractivity contribution in [1.29, 1.82) is 0 Å². The summed E-state index contributed by atoms with van der Waals surface area (Å²) in [4.78, 5) is 24.2. The average molecular weight is 295 g/mol. The van der Waals surface area contributed by atoms with Gasteiger partial charge in [0.15, 0.2) is 0 Å². The Balaban J connectivity index is 2.52. The summed E-state index contributed by atoms with van der Waals surface area (Å²) in [6.45, 7) is 3.38. The van der Waals surface area contributed by atoms with Crippen LogP contribution in [0.25, 0.3) is 0 Å². The van der Waals surface area contributed by atoms with Crippen LogP contribution in [0.2, 0.25) is 0 Å². The van der Waals surface area contributed by atoms with Crippen LogP contribution in [-0.4, -0.2) is 42.1 Å². The lowest BCUT2D eigenvalue weighted by molar-refractivity contribution is -0.133. The van der Waals surface area contributed by atoms with Gasteiger partial charge in [-0.05, 0) is 38.1 Å². The molecule has 5 nitrogen and oxygen atoms in total. The standard InChI is InChI=1S/C15H18FNO4/c1-10(11(2)15(19)20)14(18)17(3)8-9-21-13-6-4-12(16)5-7-13/h4-7H,8-9H2,1-3H3,(H,19,20). The second kappa shape index (κ2) is 7.42. The molecule has 1 amide bonds. The van der Waals surface area contributed by atoms with E-state index in [1.54, 1.807) is 7.05 Å². The number of nitrogens with zero attached hydrogens (tertiary/aromatic N) is 1. The highest BCUT2D eigenvalue weighted by Crippen LogP contribution is 2.11. The second-order valence-corrected chi connectivity index (χ2v) is 4.58. The van der Waals surface area contributed by atoms with E-state index in [0.29, 0.717) is 12.3 Å². The van der Waals surface area contributed by atoms with Crippen LogP contribution in [0, 0.1) is 5.82 Å². The highest BCUT2D eigenvalue weighted by atomic mass is 19.1. The topological polar surface area (TPSA) is 66.8 Å². The van der Waals surface area contributed by atoms with Crippen LogP contribution in [0.5, 0.6) is 5.75 Å². The number of benzene rings is 1. The van der Waals surface area contributed by atoms with Gasteiger partial charge in [0.05, 0.1) is 6.54 Å². The van der Waals surface area contributed by atoms with E-state index in [-0.39, 0.29) is 29.5 Å². The van der Waals surface area contributed by atoms with Crippen LogP contribution < -0.4 is 4.74 Å². The number of amides is 1. The molecule has 0 bridgehead atoms. The van der Waals surface area contributed by atoms with Crippen molar-refractivity contribution in [1.82, 2.24) is 4.90 Å². The number of halogens is 1. The van der Waals surface area contributed by atoms with Gasteiger partial charge in [-0.25, -0.2) is 9.18 Å². The van der Waals surface area contributed by atoms with E-state index in [4.69, 9.17) is 9.84 Å². The highest BCUT2D eigenvalue weighted by molar-refractivity contribution is 6.01. The molecule has 1 rings (SSSR count). The SMILES string of the molecule is CC(C(=O)O)=C(C)C(=O)N(C)CCOc1ccc(F)cc1. The zero-order chi connectivity index (χ0) is 16.0. The molecule has 114 valence electrons. The Bertz CT molecular complexity index is 551. The maximum absolute atomic E-state index is 12.7. The van der Waals surface area contributed by atoms with Crippen LogP contribution in [0.1, 0.15) is 13.8 Å². The van der Waals surface area contributed by atoms with Crippen LogP contribution in [0.15, 0.2) is 35.4 Å². The van der Waals surface area contributed by atoms with Crippen LogP contribution >= 0.6 is 0 Å². The number of carboxylic acids is 1. The Morgan fingerprint density at radius 2 is 1.76 bits per heavy atom. The van der Waals surface area contributed by atoms with Crippen LogP contribution in [0.3, 0.4) is 0 Å². The minimum atomic E-state index is -1.11. The van der Waals surface area contributed by atoms with Gasteiger partial charge in [0.1, 0.15) is 18.2 Å². The third-order valence-corrected chi connectivity index (χ3v) is 3.06. The molecule has 0 unspecified atom stereocenters. The van der Waals surface area contributed by atoms with E-state index in [9.17, 15) is 14.0 Å². The van der Waals surface area contributed by atoms with Gasteiger partial charge in [-0.3, -0.25) is 4.79 Å². The monoisotopic (exact) mass is 295 g/mol. The van der Waals surface area contributed by atoms with E-state index in [1.165, 1.54) is 43.0 Å². The minimum Gasteiger partial charge on any atom is -0.492 e. The molecular weight excluding hydrogens is 277 g/mol. The molecule has 0 saturated heterocycles. The molecule has 0 saturated carbocycles. The van der Waals surface area contributed by atoms with Crippen molar-refractivity contribution >= 4 is 11.9 Å². The van der Waals surface area contributed by atoms with Crippen molar-refractivity contribution in [2.75, 3.05) is 20.2 Å².